The van der Waals surface area contributed by atoms with Crippen molar-refractivity contribution in [2.75, 3.05) is 43.6 Å². The molecule has 3 aliphatic heterocycles. The van der Waals surface area contributed by atoms with E-state index in [9.17, 15) is 67.7 Å². The Morgan fingerprint density at radius 1 is 0.482 bits per heavy atom. The number of imidazole rings is 3. The summed E-state index contributed by atoms with van der Waals surface area (Å²) >= 11 is 0. The lowest BCUT2D eigenvalue weighted by Crippen LogP contribution is -2.37. The second-order valence-corrected chi connectivity index (χ2v) is 27.0. The molecule has 0 aromatic carbocycles. The number of aromatic nitrogens is 12. The molecule has 9 heterocycles. The Labute approximate surface area is 479 Å². The van der Waals surface area contributed by atoms with Gasteiger partial charge < -0.3 is 76.3 Å². The number of hydrogen-bond acceptors (Lipinski definition) is 31. The lowest BCUT2D eigenvalue weighted by molar-refractivity contribution is -0.0644. The quantitative estimate of drug-likeness (QED) is 0.0215. The van der Waals surface area contributed by atoms with Crippen molar-refractivity contribution < 1.29 is 113 Å². The maximum atomic E-state index is 14.0. The van der Waals surface area contributed by atoms with E-state index in [1.807, 2.05) is 0 Å². The average molecular weight is 1300 g/mol. The molecular weight excluding hydrogens is 1240 g/mol. The molecule has 470 valence electrons. The number of unbranched alkanes of at least 4 members (excludes halogenated alkanes) is 7. The van der Waals surface area contributed by atoms with Crippen LogP contribution in [0.1, 0.15) is 77.0 Å². The van der Waals surface area contributed by atoms with E-state index < -0.39 is 132 Å². The van der Waals surface area contributed by atoms with Gasteiger partial charge in [0.05, 0.1) is 38.8 Å². The topological polar surface area (TPSA) is 581 Å². The monoisotopic (exact) mass is 1300 g/mol. The van der Waals surface area contributed by atoms with Gasteiger partial charge >= 0.3 is 39.0 Å². The van der Waals surface area contributed by atoms with Gasteiger partial charge in [-0.3, -0.25) is 36.3 Å². The molecule has 0 bridgehead atoms. The third-order valence-corrected chi connectivity index (χ3v) is 19.9. The number of nitrogens with zero attached hydrogens (tertiary/aromatic N) is 12. The van der Waals surface area contributed by atoms with Crippen molar-refractivity contribution >= 4 is 90.0 Å². The molecule has 0 spiro atoms. The Bertz CT molecular complexity index is 3550. The molecule has 0 radical (unpaired) electrons. The molecular formula is C40H61N16O24P5. The van der Waals surface area contributed by atoms with Gasteiger partial charge in [-0.15, -0.1) is 0 Å². The highest BCUT2D eigenvalue weighted by Gasteiger charge is 2.54. The molecule has 40 nitrogen and oxygen atoms in total. The lowest BCUT2D eigenvalue weighted by Gasteiger charge is -2.25. The molecule has 6 aromatic rings. The fourth-order valence-corrected chi connectivity index (χ4v) is 15.0. The number of rotatable bonds is 30. The summed E-state index contributed by atoms with van der Waals surface area (Å²) in [4.78, 5) is 89.4. The molecule has 0 amide bonds. The Morgan fingerprint density at radius 2 is 0.859 bits per heavy atom. The van der Waals surface area contributed by atoms with Gasteiger partial charge in [0.15, 0.2) is 53.1 Å². The van der Waals surface area contributed by atoms with Gasteiger partial charge in [0.25, 0.3) is 0 Å². The largest absolute Gasteiger partial charge is 0.489 e. The zero-order chi connectivity index (χ0) is 61.2. The summed E-state index contributed by atoms with van der Waals surface area (Å²) < 4.78 is 122. The van der Waals surface area contributed by atoms with Crippen LogP contribution in [-0.2, 0) is 68.3 Å². The Balaban J connectivity index is 0.861. The first-order valence-electron chi connectivity index (χ1n) is 25.8. The number of aliphatic hydroxyl groups is 4. The van der Waals surface area contributed by atoms with E-state index in [0.29, 0.717) is 12.8 Å². The first-order valence-corrected chi connectivity index (χ1v) is 33.3. The minimum absolute atomic E-state index is 0.00560. The minimum Gasteiger partial charge on any atom is -0.387 e. The van der Waals surface area contributed by atoms with Crippen LogP contribution in [0.25, 0.3) is 33.5 Å². The second kappa shape index (κ2) is 26.6. The van der Waals surface area contributed by atoms with Gasteiger partial charge in [-0.1, -0.05) is 51.9 Å². The number of ether oxygens (including phenoxy) is 3. The van der Waals surface area contributed by atoms with E-state index in [0.717, 1.165) is 79.3 Å². The van der Waals surface area contributed by atoms with Gasteiger partial charge in [0.2, 0.25) is 0 Å². The van der Waals surface area contributed by atoms with Crippen molar-refractivity contribution in [1.82, 2.24) is 63.6 Å². The SMILES string of the molecule is CCCCCCCCCCNP(=O)(O)OP(=O)(O)OP(=O)(O)OC[C@H]1O[C@@H](n2cnc3c(N)ncnc32)C(OP(=O)(O)OC[C@H]2O[C@@H](n3cnc4c(N)ncnc43)[C@H](OP(=O)(O)OC[C@H]3O[C@@H](n4cnc5c(N)ncnc54)[C@H](O)[C@@H]3O)[C@@H]2O)[C@@H]1O. The third-order valence-electron chi connectivity index (χ3n) is 13.4. The van der Waals surface area contributed by atoms with Crippen molar-refractivity contribution in [1.29, 1.82) is 0 Å². The minimum atomic E-state index is -5.89. The van der Waals surface area contributed by atoms with Gasteiger partial charge in [0.1, 0.15) is 90.5 Å². The van der Waals surface area contributed by atoms with Crippen molar-refractivity contribution in [3.63, 3.8) is 0 Å². The highest BCUT2D eigenvalue weighted by Crippen LogP contribution is 2.66. The number of phosphoric ester groups is 3. The highest BCUT2D eigenvalue weighted by atomic mass is 31.3. The van der Waals surface area contributed by atoms with E-state index in [1.54, 1.807) is 0 Å². The van der Waals surface area contributed by atoms with Crippen LogP contribution in [0.3, 0.4) is 0 Å². The Kier molecular flexibility index (Phi) is 20.3. The van der Waals surface area contributed by atoms with Crippen molar-refractivity contribution in [2.45, 2.75) is 132 Å². The van der Waals surface area contributed by atoms with Crippen LogP contribution in [0.4, 0.5) is 17.5 Å². The van der Waals surface area contributed by atoms with E-state index in [1.165, 1.54) is 10.9 Å². The van der Waals surface area contributed by atoms with Gasteiger partial charge in [-0.25, -0.2) is 72.8 Å². The standard InChI is InChI=1S/C40H61N16O24P5/c1-2-3-4-5-6-7-8-9-10-53-81(61,62)79-85(69,70)80-84(67,68)73-13-22-28(59)31(40(76-22)56-19-52-25-34(43)46-16-49-37(25)56)78-83(65,66)72-12-21-27(58)30(39(75-21)55-18-51-24-33(42)45-15-48-36(24)55)77-82(63,64)71-11-20-26(57)29(60)38(74-20)54-17-50-23-32(41)44-14-47-35(23)54/h14-22,26-31,38-40,57-60H,2-13H2,1H3,(H,63,64)(H,65,66)(H,67,68)(H,69,70)(H2,41,44,47)(H2,42,45,48)(H2,43,46,49)(H2,53,61,62)/t20-,21-,22-,26-,27-,28-,29-,30-,31?,38-,39-,40-/m1/s1. The number of nitrogen functional groups attached to an aromatic ring is 3. The zero-order valence-electron chi connectivity index (χ0n) is 44.4. The number of phosphoric acid groups is 4. The van der Waals surface area contributed by atoms with Crippen LogP contribution in [-0.4, -0.2) is 185 Å². The highest BCUT2D eigenvalue weighted by molar-refractivity contribution is 7.67. The molecule has 9 rings (SSSR count). The Hall–Kier alpha value is -4.60. The second-order valence-electron chi connectivity index (χ2n) is 19.4. The summed E-state index contributed by atoms with van der Waals surface area (Å²) in [6.07, 6.45) is -8.21. The number of aliphatic hydroxyl groups excluding tert-OH is 4. The van der Waals surface area contributed by atoms with Crippen LogP contribution in [0.15, 0.2) is 38.0 Å². The predicted octanol–water partition coefficient (Wildman–Crippen LogP) is 0.474. The molecule has 85 heavy (non-hydrogen) atoms. The van der Waals surface area contributed by atoms with Crippen molar-refractivity contribution in [2.24, 2.45) is 0 Å². The van der Waals surface area contributed by atoms with Crippen LogP contribution in [0, 0.1) is 0 Å². The number of fused-ring (bicyclic) bond motifs is 3. The van der Waals surface area contributed by atoms with E-state index in [-0.39, 0.29) is 57.5 Å². The molecule has 0 saturated carbocycles. The summed E-state index contributed by atoms with van der Waals surface area (Å²) in [5, 5.41) is 47.2. The molecule has 0 aliphatic carbocycles. The summed E-state index contributed by atoms with van der Waals surface area (Å²) in [5.74, 6) is -0.273. The molecule has 3 saturated heterocycles. The van der Waals surface area contributed by atoms with Gasteiger partial charge in [0, 0.05) is 6.54 Å². The first-order chi connectivity index (χ1) is 40.2. The third kappa shape index (κ3) is 15.3. The van der Waals surface area contributed by atoms with Crippen molar-refractivity contribution in [3.05, 3.63) is 38.0 Å². The maximum absolute atomic E-state index is 14.0. The molecule has 3 aliphatic rings. The summed E-state index contributed by atoms with van der Waals surface area (Å²) in [5.41, 5.74) is 17.8. The van der Waals surface area contributed by atoms with Crippen LogP contribution < -0.4 is 22.3 Å². The number of nitrogens with two attached hydrogens (primary N) is 3. The fourth-order valence-electron chi connectivity index (χ4n) is 9.34. The number of anilines is 3. The van der Waals surface area contributed by atoms with Gasteiger partial charge in [-0.2, -0.15) is 8.62 Å². The first kappa shape index (κ1) is 64.9. The molecule has 6 aromatic heterocycles. The van der Waals surface area contributed by atoms with E-state index in [2.05, 4.69) is 65.5 Å². The smallest absolute Gasteiger partial charge is 0.387 e. The van der Waals surface area contributed by atoms with Gasteiger partial charge in [-0.05, 0) is 6.42 Å². The molecule has 6 unspecified atom stereocenters. The molecule has 3 fully saturated rings. The molecule has 16 N–H and O–H groups in total. The lowest BCUT2D eigenvalue weighted by atomic mass is 10.1. The normalized spacial score (nSPS) is 29.1. The number of nitrogens with one attached hydrogen (secondary N) is 1. The fraction of sp³-hybridized carbons (Fsp3) is 0.625. The molecule has 45 heteroatoms. The van der Waals surface area contributed by atoms with Crippen LogP contribution >= 0.6 is 39.0 Å². The summed E-state index contributed by atoms with van der Waals surface area (Å²) in [6.45, 7) is -1.34. The van der Waals surface area contributed by atoms with Crippen LogP contribution in [0.2, 0.25) is 0 Å². The van der Waals surface area contributed by atoms with Crippen LogP contribution in [0.5, 0.6) is 0 Å². The Morgan fingerprint density at radius 3 is 1.29 bits per heavy atom. The zero-order valence-corrected chi connectivity index (χ0v) is 48.8. The summed E-state index contributed by atoms with van der Waals surface area (Å²) in [7, 11) is -27.8. The summed E-state index contributed by atoms with van der Waals surface area (Å²) in [6, 6.07) is 0. The van der Waals surface area contributed by atoms with Crippen molar-refractivity contribution in [3.8, 4) is 0 Å². The average Bonchev–Trinajstić information content (AvgIpc) is 2.34. The number of hydrogen-bond donors (Lipinski definition) is 13. The predicted molar refractivity (Wildman–Crippen MR) is 284 cm³/mol. The molecule has 17 atom stereocenters. The van der Waals surface area contributed by atoms with E-state index in [4.69, 9.17) is 54.0 Å². The maximum Gasteiger partial charge on any atom is 0.489 e. The van der Waals surface area contributed by atoms with E-state index >= 15 is 0 Å².